The zero-order chi connectivity index (χ0) is 10.9. The minimum atomic E-state index is -1.41. The van der Waals surface area contributed by atoms with Crippen LogP contribution in [0.25, 0.3) is 0 Å². The van der Waals surface area contributed by atoms with Crippen LogP contribution in [0, 0.1) is 0 Å². The second-order valence-electron chi connectivity index (χ2n) is 3.48. The molecule has 1 rings (SSSR count). The van der Waals surface area contributed by atoms with Crippen molar-refractivity contribution < 1.29 is 29.9 Å². The van der Waals surface area contributed by atoms with Gasteiger partial charge in [0.2, 0.25) is 0 Å². The third-order valence-electron chi connectivity index (χ3n) is 2.56. The van der Waals surface area contributed by atoms with Crippen LogP contribution < -0.4 is 0 Å². The van der Waals surface area contributed by atoms with Crippen molar-refractivity contribution in [2.24, 2.45) is 0 Å². The van der Waals surface area contributed by atoms with Gasteiger partial charge in [0.05, 0.1) is 6.61 Å². The van der Waals surface area contributed by atoms with Crippen LogP contribution in [0.1, 0.15) is 6.92 Å². The van der Waals surface area contributed by atoms with Crippen molar-refractivity contribution in [3.63, 3.8) is 0 Å². The highest BCUT2D eigenvalue weighted by molar-refractivity contribution is 4.94. The lowest BCUT2D eigenvalue weighted by Crippen LogP contribution is -2.64. The quantitative estimate of drug-likeness (QED) is 0.412. The van der Waals surface area contributed by atoms with Crippen molar-refractivity contribution in [3.8, 4) is 0 Å². The van der Waals surface area contributed by atoms with Crippen LogP contribution in [0.3, 0.4) is 0 Å². The third-order valence-corrected chi connectivity index (χ3v) is 2.56. The number of rotatable bonds is 2. The van der Waals surface area contributed by atoms with Gasteiger partial charge < -0.3 is 29.9 Å². The lowest BCUT2D eigenvalue weighted by molar-refractivity contribution is -0.349. The Kier molecular flexibility index (Phi) is 3.46. The minimum absolute atomic E-state index is 0.454. The number of aliphatic hydroxyl groups is 4. The van der Waals surface area contributed by atoms with E-state index in [4.69, 9.17) is 14.6 Å². The van der Waals surface area contributed by atoms with Crippen molar-refractivity contribution >= 4 is 0 Å². The van der Waals surface area contributed by atoms with E-state index in [9.17, 15) is 15.3 Å². The van der Waals surface area contributed by atoms with Crippen LogP contribution >= 0.6 is 0 Å². The summed E-state index contributed by atoms with van der Waals surface area (Å²) in [7, 11) is 1.31. The molecule has 1 fully saturated rings. The van der Waals surface area contributed by atoms with Crippen LogP contribution in [-0.2, 0) is 9.47 Å². The molecule has 0 aromatic heterocycles. The molecule has 6 heteroatoms. The van der Waals surface area contributed by atoms with Crippen LogP contribution in [-0.4, -0.2) is 64.3 Å². The molecule has 0 bridgehead atoms. The molecule has 0 radical (unpaired) electrons. The van der Waals surface area contributed by atoms with Gasteiger partial charge >= 0.3 is 0 Å². The lowest BCUT2D eigenvalue weighted by atomic mass is 9.93. The van der Waals surface area contributed by atoms with Crippen molar-refractivity contribution in [2.45, 2.75) is 37.1 Å². The molecule has 6 nitrogen and oxygen atoms in total. The fraction of sp³-hybridized carbons (Fsp3) is 1.00. The van der Waals surface area contributed by atoms with Crippen molar-refractivity contribution in [1.29, 1.82) is 0 Å². The Morgan fingerprint density at radius 3 is 2.29 bits per heavy atom. The van der Waals surface area contributed by atoms with E-state index in [2.05, 4.69) is 0 Å². The zero-order valence-electron chi connectivity index (χ0n) is 8.12. The van der Waals surface area contributed by atoms with Crippen LogP contribution in [0.4, 0.5) is 0 Å². The van der Waals surface area contributed by atoms with E-state index in [-0.39, 0.29) is 0 Å². The molecule has 1 heterocycles. The molecule has 1 saturated heterocycles. The Bertz CT molecular complexity index is 196. The molecule has 0 unspecified atom stereocenters. The predicted octanol–water partition coefficient (Wildman–Crippen LogP) is -2.18. The summed E-state index contributed by atoms with van der Waals surface area (Å²) in [5, 5.41) is 37.2. The number of aliphatic hydroxyl groups excluding tert-OH is 4. The van der Waals surface area contributed by atoms with Crippen LogP contribution in [0.5, 0.6) is 0 Å². The molecule has 14 heavy (non-hydrogen) atoms. The fourth-order valence-corrected chi connectivity index (χ4v) is 1.47. The summed E-state index contributed by atoms with van der Waals surface area (Å²) in [5.41, 5.74) is 0. The topological polar surface area (TPSA) is 99.4 Å². The molecule has 0 amide bonds. The van der Waals surface area contributed by atoms with Gasteiger partial charge in [-0.3, -0.25) is 0 Å². The van der Waals surface area contributed by atoms with E-state index in [1.54, 1.807) is 0 Å². The minimum Gasteiger partial charge on any atom is -0.394 e. The Labute approximate surface area is 81.7 Å². The second kappa shape index (κ2) is 4.09. The van der Waals surface area contributed by atoms with Gasteiger partial charge in [-0.1, -0.05) is 0 Å². The van der Waals surface area contributed by atoms with Crippen molar-refractivity contribution in [1.82, 2.24) is 0 Å². The zero-order valence-corrected chi connectivity index (χ0v) is 8.12. The average molecular weight is 208 g/mol. The number of ether oxygens (including phenoxy) is 2. The summed E-state index contributed by atoms with van der Waals surface area (Å²) in [4.78, 5) is 0. The first-order valence-electron chi connectivity index (χ1n) is 4.34. The average Bonchev–Trinajstić information content (AvgIpc) is 2.20. The Hall–Kier alpha value is -0.240. The first-order valence-corrected chi connectivity index (χ1v) is 4.34. The molecule has 0 aromatic carbocycles. The van der Waals surface area contributed by atoms with Crippen molar-refractivity contribution in [3.05, 3.63) is 0 Å². The SMILES string of the molecule is CO[C@]1(C)O[C@H](CO)[C@@H](O)[C@H](O)[C@H]1O. The van der Waals surface area contributed by atoms with Gasteiger partial charge in [0.1, 0.15) is 24.4 Å². The van der Waals surface area contributed by atoms with Gasteiger partial charge in [-0.2, -0.15) is 0 Å². The Balaban J connectivity index is 2.84. The molecule has 5 atom stereocenters. The molecule has 0 aromatic rings. The highest BCUT2D eigenvalue weighted by Gasteiger charge is 2.50. The molecule has 0 aliphatic carbocycles. The second-order valence-corrected chi connectivity index (χ2v) is 3.48. The predicted molar refractivity (Wildman–Crippen MR) is 45.4 cm³/mol. The van der Waals surface area contributed by atoms with Crippen LogP contribution in [0.2, 0.25) is 0 Å². The number of hydrogen-bond donors (Lipinski definition) is 4. The summed E-state index contributed by atoms with van der Waals surface area (Å²) in [6.07, 6.45) is -5.03. The summed E-state index contributed by atoms with van der Waals surface area (Å²) >= 11 is 0. The van der Waals surface area contributed by atoms with E-state index < -0.39 is 36.8 Å². The molecular weight excluding hydrogens is 192 g/mol. The smallest absolute Gasteiger partial charge is 0.194 e. The summed E-state index contributed by atoms with van der Waals surface area (Å²) in [6, 6.07) is 0. The maximum absolute atomic E-state index is 9.54. The molecule has 4 N–H and O–H groups in total. The number of methoxy groups -OCH3 is 1. The van der Waals surface area contributed by atoms with Gasteiger partial charge in [-0.05, 0) is 6.92 Å². The molecule has 84 valence electrons. The first kappa shape index (κ1) is 11.8. The van der Waals surface area contributed by atoms with E-state index >= 15 is 0 Å². The molecule has 1 aliphatic rings. The van der Waals surface area contributed by atoms with Gasteiger partial charge in [0.15, 0.2) is 5.79 Å². The highest BCUT2D eigenvalue weighted by atomic mass is 16.7. The fourth-order valence-electron chi connectivity index (χ4n) is 1.47. The monoisotopic (exact) mass is 208 g/mol. The number of hydrogen-bond acceptors (Lipinski definition) is 6. The summed E-state index contributed by atoms with van der Waals surface area (Å²) in [5.74, 6) is -1.41. The van der Waals surface area contributed by atoms with Gasteiger partial charge in [0, 0.05) is 7.11 Å². The van der Waals surface area contributed by atoms with Gasteiger partial charge in [0.25, 0.3) is 0 Å². The van der Waals surface area contributed by atoms with Gasteiger partial charge in [-0.25, -0.2) is 0 Å². The molecular formula is C8H16O6. The molecule has 0 spiro atoms. The summed E-state index contributed by atoms with van der Waals surface area (Å²) in [6.45, 7) is 0.972. The largest absolute Gasteiger partial charge is 0.394 e. The van der Waals surface area contributed by atoms with Gasteiger partial charge in [-0.15, -0.1) is 0 Å². The standard InChI is InChI=1S/C8H16O6/c1-8(13-2)7(12)6(11)5(10)4(3-9)14-8/h4-7,9-12H,3H2,1-2H3/t4-,5-,6+,7-,8-/m1/s1. The third kappa shape index (κ3) is 1.77. The first-order chi connectivity index (χ1) is 6.46. The van der Waals surface area contributed by atoms with Crippen LogP contribution in [0.15, 0.2) is 0 Å². The Morgan fingerprint density at radius 2 is 1.86 bits per heavy atom. The van der Waals surface area contributed by atoms with E-state index in [0.29, 0.717) is 0 Å². The maximum Gasteiger partial charge on any atom is 0.194 e. The summed E-state index contributed by atoms with van der Waals surface area (Å²) < 4.78 is 10.0. The molecule has 0 saturated carbocycles. The maximum atomic E-state index is 9.54. The van der Waals surface area contributed by atoms with Crippen molar-refractivity contribution in [2.75, 3.05) is 13.7 Å². The lowest BCUT2D eigenvalue weighted by Gasteiger charge is -2.45. The van der Waals surface area contributed by atoms with E-state index in [0.717, 1.165) is 0 Å². The highest BCUT2D eigenvalue weighted by Crippen LogP contribution is 2.29. The van der Waals surface area contributed by atoms with E-state index in [1.807, 2.05) is 0 Å². The molecule has 1 aliphatic heterocycles. The van der Waals surface area contributed by atoms with E-state index in [1.165, 1.54) is 14.0 Å². The normalized spacial score (nSPS) is 49.3. The Morgan fingerprint density at radius 1 is 1.29 bits per heavy atom.